The van der Waals surface area contributed by atoms with Gasteiger partial charge < -0.3 is 9.64 Å². The van der Waals surface area contributed by atoms with Crippen molar-refractivity contribution in [3.63, 3.8) is 0 Å². The van der Waals surface area contributed by atoms with Crippen molar-refractivity contribution in [3.8, 4) is 0 Å². The second-order valence-electron chi connectivity index (χ2n) is 9.50. The normalized spacial score (nSPS) is 18.7. The Hall–Kier alpha value is -2.71. The van der Waals surface area contributed by atoms with Gasteiger partial charge in [0.15, 0.2) is 6.10 Å². The highest BCUT2D eigenvalue weighted by atomic mass is 32.2. The Morgan fingerprint density at radius 3 is 2.31 bits per heavy atom. The number of sulfonamides is 1. The number of esters is 1. The van der Waals surface area contributed by atoms with E-state index in [1.807, 2.05) is 18.2 Å². The van der Waals surface area contributed by atoms with Crippen molar-refractivity contribution in [2.75, 3.05) is 26.2 Å². The van der Waals surface area contributed by atoms with Gasteiger partial charge in [-0.1, -0.05) is 42.8 Å². The molecule has 0 spiro atoms. The van der Waals surface area contributed by atoms with Gasteiger partial charge in [-0.2, -0.15) is 4.31 Å². The number of carbonyl (C=O) groups is 2. The number of hydrogen-bond donors (Lipinski definition) is 0. The van der Waals surface area contributed by atoms with E-state index >= 15 is 0 Å². The molecular formula is C27H34N2O5S. The molecule has 0 saturated carbocycles. The average molecular weight is 499 g/mol. The molecule has 2 aliphatic heterocycles. The standard InChI is InChI=1S/C27H34N2O5S/c1-21(26(30)28-17-13-23(14-18-28)19-22-9-4-2-5-10-22)34-27(31)24-11-8-12-25(20-24)35(32,33)29-15-6-3-7-16-29/h2,4-5,8-12,20-21,23H,3,6-7,13-19H2,1H3. The van der Waals surface area contributed by atoms with E-state index in [2.05, 4.69) is 12.1 Å². The van der Waals surface area contributed by atoms with Crippen LogP contribution in [0.4, 0.5) is 0 Å². The summed E-state index contributed by atoms with van der Waals surface area (Å²) in [6.45, 7) is 3.84. The van der Waals surface area contributed by atoms with E-state index in [-0.39, 0.29) is 16.4 Å². The number of rotatable bonds is 7. The predicted octanol–water partition coefficient (Wildman–Crippen LogP) is 3.89. The van der Waals surface area contributed by atoms with Crippen molar-refractivity contribution in [1.82, 2.24) is 9.21 Å². The average Bonchev–Trinajstić information content (AvgIpc) is 2.90. The largest absolute Gasteiger partial charge is 0.449 e. The van der Waals surface area contributed by atoms with Gasteiger partial charge in [-0.25, -0.2) is 13.2 Å². The quantitative estimate of drug-likeness (QED) is 0.541. The minimum Gasteiger partial charge on any atom is -0.449 e. The molecule has 0 aromatic heterocycles. The molecule has 0 bridgehead atoms. The molecule has 2 heterocycles. The molecule has 1 atom stereocenters. The van der Waals surface area contributed by atoms with Gasteiger partial charge in [0.2, 0.25) is 10.0 Å². The van der Waals surface area contributed by atoms with Gasteiger partial charge in [0.1, 0.15) is 0 Å². The number of carbonyl (C=O) groups excluding carboxylic acids is 2. The van der Waals surface area contributed by atoms with E-state index in [1.165, 1.54) is 34.1 Å². The highest BCUT2D eigenvalue weighted by Gasteiger charge is 2.30. The van der Waals surface area contributed by atoms with Crippen LogP contribution in [-0.2, 0) is 26.0 Å². The highest BCUT2D eigenvalue weighted by molar-refractivity contribution is 7.89. The molecule has 2 saturated heterocycles. The summed E-state index contributed by atoms with van der Waals surface area (Å²) in [5.41, 5.74) is 1.44. The van der Waals surface area contributed by atoms with E-state index in [0.29, 0.717) is 32.1 Å². The molecule has 1 amide bonds. The minimum atomic E-state index is -3.66. The zero-order valence-corrected chi connectivity index (χ0v) is 21.1. The van der Waals surface area contributed by atoms with Gasteiger partial charge >= 0.3 is 5.97 Å². The maximum Gasteiger partial charge on any atom is 0.338 e. The van der Waals surface area contributed by atoms with Crippen molar-refractivity contribution >= 4 is 21.9 Å². The summed E-state index contributed by atoms with van der Waals surface area (Å²) in [5.74, 6) is -0.377. The Kier molecular flexibility index (Phi) is 8.23. The van der Waals surface area contributed by atoms with Crippen molar-refractivity contribution in [1.29, 1.82) is 0 Å². The van der Waals surface area contributed by atoms with Crippen LogP contribution in [0.3, 0.4) is 0 Å². The molecule has 2 aromatic carbocycles. The van der Waals surface area contributed by atoms with Crippen molar-refractivity contribution in [2.45, 2.75) is 56.4 Å². The summed E-state index contributed by atoms with van der Waals surface area (Å²) >= 11 is 0. The Labute approximate surface area is 208 Å². The van der Waals surface area contributed by atoms with Gasteiger partial charge in [0.05, 0.1) is 10.5 Å². The summed E-state index contributed by atoms with van der Waals surface area (Å²) in [6, 6.07) is 16.3. The van der Waals surface area contributed by atoms with Crippen LogP contribution in [0.1, 0.15) is 54.9 Å². The lowest BCUT2D eigenvalue weighted by molar-refractivity contribution is -0.141. The Morgan fingerprint density at radius 1 is 0.943 bits per heavy atom. The van der Waals surface area contributed by atoms with Crippen LogP contribution in [0.15, 0.2) is 59.5 Å². The Bertz CT molecular complexity index is 1120. The first kappa shape index (κ1) is 25.4. The van der Waals surface area contributed by atoms with Crippen LogP contribution in [0, 0.1) is 5.92 Å². The Morgan fingerprint density at radius 2 is 1.63 bits per heavy atom. The van der Waals surface area contributed by atoms with Crippen molar-refractivity contribution < 1.29 is 22.7 Å². The van der Waals surface area contributed by atoms with Crippen LogP contribution in [-0.4, -0.2) is 61.8 Å². The lowest BCUT2D eigenvalue weighted by atomic mass is 9.90. The smallest absolute Gasteiger partial charge is 0.338 e. The van der Waals surface area contributed by atoms with Crippen LogP contribution < -0.4 is 0 Å². The number of benzene rings is 2. The third-order valence-corrected chi connectivity index (χ3v) is 8.84. The van der Waals surface area contributed by atoms with E-state index in [0.717, 1.165) is 38.5 Å². The second-order valence-corrected chi connectivity index (χ2v) is 11.4. The molecular weight excluding hydrogens is 464 g/mol. The lowest BCUT2D eigenvalue weighted by Crippen LogP contribution is -2.44. The van der Waals surface area contributed by atoms with Crippen LogP contribution in [0.2, 0.25) is 0 Å². The number of hydrogen-bond acceptors (Lipinski definition) is 5. The number of amides is 1. The number of ether oxygens (including phenoxy) is 1. The summed E-state index contributed by atoms with van der Waals surface area (Å²) < 4.78 is 32.8. The molecule has 35 heavy (non-hydrogen) atoms. The van der Waals surface area contributed by atoms with E-state index < -0.39 is 22.1 Å². The second kappa shape index (κ2) is 11.4. The molecule has 8 heteroatoms. The van der Waals surface area contributed by atoms with Gasteiger partial charge in [-0.3, -0.25) is 4.79 Å². The molecule has 2 fully saturated rings. The molecule has 188 valence electrons. The summed E-state index contributed by atoms with van der Waals surface area (Å²) in [4.78, 5) is 27.5. The van der Waals surface area contributed by atoms with Crippen molar-refractivity contribution in [3.05, 3.63) is 65.7 Å². The van der Waals surface area contributed by atoms with Crippen LogP contribution in [0.25, 0.3) is 0 Å². The number of nitrogens with zero attached hydrogens (tertiary/aromatic N) is 2. The minimum absolute atomic E-state index is 0.0771. The first-order valence-corrected chi connectivity index (χ1v) is 13.9. The molecule has 0 N–H and O–H groups in total. The first-order valence-electron chi connectivity index (χ1n) is 12.5. The van der Waals surface area contributed by atoms with Crippen molar-refractivity contribution in [2.24, 2.45) is 5.92 Å². The highest BCUT2D eigenvalue weighted by Crippen LogP contribution is 2.24. The summed E-state index contributed by atoms with van der Waals surface area (Å²) in [7, 11) is -3.66. The number of piperidine rings is 2. The third-order valence-electron chi connectivity index (χ3n) is 6.95. The molecule has 0 aliphatic carbocycles. The molecule has 4 rings (SSSR count). The zero-order chi connectivity index (χ0) is 24.8. The third kappa shape index (κ3) is 6.30. The fourth-order valence-corrected chi connectivity index (χ4v) is 6.44. The number of likely N-dealkylation sites (tertiary alicyclic amines) is 1. The van der Waals surface area contributed by atoms with Gasteiger partial charge in [-0.05, 0) is 68.7 Å². The van der Waals surface area contributed by atoms with Crippen LogP contribution in [0.5, 0.6) is 0 Å². The maximum absolute atomic E-state index is 13.0. The van der Waals surface area contributed by atoms with Gasteiger partial charge in [0, 0.05) is 26.2 Å². The predicted molar refractivity (Wildman–Crippen MR) is 133 cm³/mol. The van der Waals surface area contributed by atoms with E-state index in [9.17, 15) is 18.0 Å². The summed E-state index contributed by atoms with van der Waals surface area (Å²) in [5, 5.41) is 0. The Balaban J connectivity index is 1.32. The molecule has 7 nitrogen and oxygen atoms in total. The SMILES string of the molecule is CC(OC(=O)c1cccc(S(=O)(=O)N2CCCCC2)c1)C(=O)N1CCC(Cc2ccccc2)CC1. The van der Waals surface area contributed by atoms with Gasteiger partial charge in [0.25, 0.3) is 5.91 Å². The van der Waals surface area contributed by atoms with E-state index in [1.54, 1.807) is 11.8 Å². The lowest BCUT2D eigenvalue weighted by Gasteiger charge is -2.33. The fourth-order valence-electron chi connectivity index (χ4n) is 4.88. The molecule has 2 aliphatic rings. The zero-order valence-electron chi connectivity index (χ0n) is 20.3. The van der Waals surface area contributed by atoms with E-state index in [4.69, 9.17) is 4.74 Å². The maximum atomic E-state index is 13.0. The first-order chi connectivity index (χ1) is 16.8. The molecule has 2 aromatic rings. The molecule has 1 unspecified atom stereocenters. The topological polar surface area (TPSA) is 84.0 Å². The fraction of sp³-hybridized carbons (Fsp3) is 0.481. The molecule has 0 radical (unpaired) electrons. The summed E-state index contributed by atoms with van der Waals surface area (Å²) in [6.07, 6.45) is 4.60. The van der Waals surface area contributed by atoms with Crippen LogP contribution >= 0.6 is 0 Å². The van der Waals surface area contributed by atoms with Gasteiger partial charge in [-0.15, -0.1) is 0 Å². The monoisotopic (exact) mass is 498 g/mol.